The van der Waals surface area contributed by atoms with E-state index in [1.807, 2.05) is 24.3 Å². The normalized spacial score (nSPS) is 10.1. The van der Waals surface area contributed by atoms with Crippen molar-refractivity contribution in [3.05, 3.63) is 30.2 Å². The van der Waals surface area contributed by atoms with Crippen LogP contribution in [0.15, 0.2) is 28.7 Å². The van der Waals surface area contributed by atoms with Gasteiger partial charge in [0.15, 0.2) is 0 Å². The third-order valence-corrected chi connectivity index (χ3v) is 1.91. The molecule has 0 atom stereocenters. The first-order valence-electron chi connectivity index (χ1n) is 4.30. The lowest BCUT2D eigenvalue weighted by molar-refractivity contribution is 0.533. The van der Waals surface area contributed by atoms with E-state index in [-0.39, 0.29) is 7.48 Å². The van der Waals surface area contributed by atoms with Crippen LogP contribution in [0, 0.1) is 6.92 Å². The third-order valence-electron chi connectivity index (χ3n) is 1.91. The Hall–Kier alpha value is -1.62. The summed E-state index contributed by atoms with van der Waals surface area (Å²) in [6.07, 6.45) is 0. The van der Waals surface area contributed by atoms with Crippen molar-refractivity contribution in [1.29, 1.82) is 0 Å². The topological polar surface area (TPSA) is 59.2 Å². The van der Waals surface area contributed by atoms with E-state index in [1.165, 1.54) is 0 Å². The largest absolute Gasteiger partial charge is 0.449 e. The van der Waals surface area contributed by atoms with E-state index in [2.05, 4.69) is 10.2 Å². The van der Waals surface area contributed by atoms with Crippen LogP contribution in [0.25, 0.3) is 11.5 Å². The number of hydrogen-bond acceptors (Lipinski definition) is 4. The molecule has 0 saturated heterocycles. The molecule has 0 fully saturated rings. The van der Waals surface area contributed by atoms with Gasteiger partial charge in [-0.3, -0.25) is 0 Å². The summed E-state index contributed by atoms with van der Waals surface area (Å²) in [5.41, 5.74) is 1.73. The first kappa shape index (κ1) is 8.96. The number of aromatic nitrogens is 2. The van der Waals surface area contributed by atoms with Crippen LogP contribution in [-0.2, 0) is 0 Å². The van der Waals surface area contributed by atoms with Crippen molar-refractivity contribution in [1.82, 2.24) is 10.2 Å². The molecular weight excluding hydrogens is 179 g/mol. The van der Waals surface area contributed by atoms with Crippen molar-refractivity contribution >= 4 is 12.9 Å². The van der Waals surface area contributed by atoms with Crippen molar-refractivity contribution in [2.24, 2.45) is 0 Å². The Balaban J connectivity index is 2.33. The molecule has 0 unspecified atom stereocenters. The lowest BCUT2D eigenvalue weighted by atomic mass is 9.88. The summed E-state index contributed by atoms with van der Waals surface area (Å²) < 4.78 is 5.26. The van der Waals surface area contributed by atoms with E-state index in [4.69, 9.17) is 9.44 Å². The Morgan fingerprint density at radius 3 is 2.43 bits per heavy atom. The fourth-order valence-corrected chi connectivity index (χ4v) is 1.17. The molecule has 0 aliphatic heterocycles. The van der Waals surface area contributed by atoms with Gasteiger partial charge in [-0.2, -0.15) is 0 Å². The average Bonchev–Trinajstić information content (AvgIpc) is 2.65. The van der Waals surface area contributed by atoms with Gasteiger partial charge in [0.2, 0.25) is 11.8 Å². The maximum atomic E-state index is 8.85. The fraction of sp³-hybridized carbons (Fsp3) is 0.111. The number of nitrogens with zero attached hydrogens (tertiary/aromatic N) is 2. The minimum Gasteiger partial charge on any atom is -0.449 e. The molecule has 1 heterocycles. The SMILES string of the molecule is Cc1nnc(-c2ccc(BO)cc2)o1. The molecular formula is C9H9BN2O2. The molecule has 0 aliphatic rings. The second-order valence-corrected chi connectivity index (χ2v) is 2.98. The Kier molecular flexibility index (Phi) is 2.32. The van der Waals surface area contributed by atoms with Crippen molar-refractivity contribution in [2.45, 2.75) is 6.92 Å². The van der Waals surface area contributed by atoms with Crippen molar-refractivity contribution in [3.63, 3.8) is 0 Å². The third kappa shape index (κ3) is 1.67. The predicted octanol–water partition coefficient (Wildman–Crippen LogP) is 0.0141. The molecule has 0 amide bonds. The summed E-state index contributed by atoms with van der Waals surface area (Å²) in [5.74, 6) is 1.05. The summed E-state index contributed by atoms with van der Waals surface area (Å²) >= 11 is 0. The van der Waals surface area contributed by atoms with Gasteiger partial charge in [-0.25, -0.2) is 0 Å². The summed E-state index contributed by atoms with van der Waals surface area (Å²) in [5, 5.41) is 16.5. The van der Waals surface area contributed by atoms with Crippen LogP contribution in [0.5, 0.6) is 0 Å². The highest BCUT2D eigenvalue weighted by Crippen LogP contribution is 2.15. The molecule has 0 spiro atoms. The lowest BCUT2D eigenvalue weighted by Crippen LogP contribution is -2.11. The smallest absolute Gasteiger partial charge is 0.304 e. The average molecular weight is 188 g/mol. The zero-order valence-corrected chi connectivity index (χ0v) is 7.77. The first-order chi connectivity index (χ1) is 6.79. The van der Waals surface area contributed by atoms with Gasteiger partial charge in [0.25, 0.3) is 0 Å². The molecule has 14 heavy (non-hydrogen) atoms. The van der Waals surface area contributed by atoms with Gasteiger partial charge in [-0.15, -0.1) is 10.2 Å². The molecule has 0 radical (unpaired) electrons. The zero-order valence-electron chi connectivity index (χ0n) is 7.77. The fourth-order valence-electron chi connectivity index (χ4n) is 1.17. The van der Waals surface area contributed by atoms with E-state index in [0.717, 1.165) is 11.0 Å². The second-order valence-electron chi connectivity index (χ2n) is 2.98. The highest BCUT2D eigenvalue weighted by Gasteiger charge is 2.04. The Morgan fingerprint density at radius 1 is 1.21 bits per heavy atom. The predicted molar refractivity (Wildman–Crippen MR) is 53.5 cm³/mol. The van der Waals surface area contributed by atoms with E-state index >= 15 is 0 Å². The highest BCUT2D eigenvalue weighted by atomic mass is 16.4. The summed E-state index contributed by atoms with van der Waals surface area (Å²) in [7, 11) is 0.0448. The standard InChI is InChI=1S/C9H9BN2O2/c1-6-11-12-9(14-6)7-2-4-8(10-13)5-3-7/h2-5,10,13H,1H3. The van der Waals surface area contributed by atoms with Gasteiger partial charge >= 0.3 is 7.48 Å². The molecule has 1 aromatic carbocycles. The zero-order chi connectivity index (χ0) is 9.97. The number of aryl methyl sites for hydroxylation is 1. The second kappa shape index (κ2) is 3.63. The van der Waals surface area contributed by atoms with Gasteiger partial charge < -0.3 is 9.44 Å². The first-order valence-corrected chi connectivity index (χ1v) is 4.30. The van der Waals surface area contributed by atoms with Gasteiger partial charge in [0.1, 0.15) is 0 Å². The van der Waals surface area contributed by atoms with Crippen molar-refractivity contribution < 1.29 is 9.44 Å². The van der Waals surface area contributed by atoms with Crippen LogP contribution < -0.4 is 5.46 Å². The van der Waals surface area contributed by atoms with E-state index in [0.29, 0.717) is 11.8 Å². The number of rotatable bonds is 2. The number of hydrogen-bond donors (Lipinski definition) is 1. The summed E-state index contributed by atoms with van der Waals surface area (Å²) in [4.78, 5) is 0. The molecule has 0 aliphatic carbocycles. The maximum Gasteiger partial charge on any atom is 0.304 e. The van der Waals surface area contributed by atoms with Gasteiger partial charge in [-0.05, 0) is 12.1 Å². The van der Waals surface area contributed by atoms with Gasteiger partial charge in [0.05, 0.1) is 0 Å². The maximum absolute atomic E-state index is 8.85. The molecule has 70 valence electrons. The Morgan fingerprint density at radius 2 is 1.93 bits per heavy atom. The monoisotopic (exact) mass is 188 g/mol. The lowest BCUT2D eigenvalue weighted by Gasteiger charge is -1.95. The van der Waals surface area contributed by atoms with E-state index in [9.17, 15) is 0 Å². The van der Waals surface area contributed by atoms with Gasteiger partial charge in [0, 0.05) is 12.5 Å². The van der Waals surface area contributed by atoms with Crippen LogP contribution >= 0.6 is 0 Å². The molecule has 1 aromatic heterocycles. The highest BCUT2D eigenvalue weighted by molar-refractivity contribution is 6.45. The Labute approximate surface area is 81.9 Å². The van der Waals surface area contributed by atoms with Crippen LogP contribution in [0.3, 0.4) is 0 Å². The van der Waals surface area contributed by atoms with E-state index < -0.39 is 0 Å². The van der Waals surface area contributed by atoms with Crippen molar-refractivity contribution in [3.8, 4) is 11.5 Å². The number of benzene rings is 1. The Bertz CT molecular complexity index is 425. The van der Waals surface area contributed by atoms with Crippen LogP contribution in [0.4, 0.5) is 0 Å². The van der Waals surface area contributed by atoms with Gasteiger partial charge in [-0.1, -0.05) is 17.6 Å². The van der Waals surface area contributed by atoms with Crippen molar-refractivity contribution in [2.75, 3.05) is 0 Å². The minimum absolute atomic E-state index is 0.0448. The molecule has 0 saturated carbocycles. The molecule has 4 nitrogen and oxygen atoms in total. The molecule has 2 rings (SSSR count). The summed E-state index contributed by atoms with van der Waals surface area (Å²) in [6.45, 7) is 1.75. The molecule has 1 N–H and O–H groups in total. The van der Waals surface area contributed by atoms with Crippen LogP contribution in [-0.4, -0.2) is 22.7 Å². The molecule has 5 heteroatoms. The molecule has 0 bridgehead atoms. The van der Waals surface area contributed by atoms with Crippen LogP contribution in [0.2, 0.25) is 0 Å². The quantitative estimate of drug-likeness (QED) is 0.674. The summed E-state index contributed by atoms with van der Waals surface area (Å²) in [6, 6.07) is 7.35. The van der Waals surface area contributed by atoms with Crippen LogP contribution in [0.1, 0.15) is 5.89 Å². The van der Waals surface area contributed by atoms with E-state index in [1.54, 1.807) is 6.92 Å². The minimum atomic E-state index is 0.0448. The molecule has 2 aromatic rings.